The van der Waals surface area contributed by atoms with Crippen molar-refractivity contribution in [1.29, 1.82) is 0 Å². The summed E-state index contributed by atoms with van der Waals surface area (Å²) in [5, 5.41) is 19.6. The second kappa shape index (κ2) is 7.82. The molecule has 5 heteroatoms. The minimum atomic E-state index is -1.56. The summed E-state index contributed by atoms with van der Waals surface area (Å²) in [5.41, 5.74) is 1.63. The number of methoxy groups -OCH3 is 1. The van der Waals surface area contributed by atoms with Gasteiger partial charge in [0.2, 0.25) is 0 Å². The first kappa shape index (κ1) is 19.4. The molecule has 1 fully saturated rings. The van der Waals surface area contributed by atoms with Gasteiger partial charge in [0.15, 0.2) is 5.67 Å². The molecule has 4 nitrogen and oxygen atoms in total. The average Bonchev–Trinajstić information content (AvgIpc) is 2.73. The summed E-state index contributed by atoms with van der Waals surface area (Å²) in [6.07, 6.45) is 1.71. The van der Waals surface area contributed by atoms with E-state index in [1.165, 1.54) is 0 Å². The van der Waals surface area contributed by atoms with Crippen molar-refractivity contribution in [2.24, 2.45) is 0 Å². The SMILES string of the molecule is COc1ccc(C2(F)CCCc3ccc(C4CC(O)CC(CO)O4)cc32)cc1. The molecular formula is C23H27FO4. The minimum absolute atomic E-state index is 0.128. The third-order valence-electron chi connectivity index (χ3n) is 6.03. The molecule has 1 heterocycles. The summed E-state index contributed by atoms with van der Waals surface area (Å²) in [5.74, 6) is 0.705. The van der Waals surface area contributed by atoms with E-state index in [9.17, 15) is 10.2 Å². The lowest BCUT2D eigenvalue weighted by molar-refractivity contribution is -0.113. The lowest BCUT2D eigenvalue weighted by Crippen LogP contribution is -2.34. The first-order chi connectivity index (χ1) is 13.5. The van der Waals surface area contributed by atoms with Gasteiger partial charge in [0, 0.05) is 12.8 Å². The number of aliphatic hydroxyl groups excluding tert-OH is 2. The zero-order valence-corrected chi connectivity index (χ0v) is 16.1. The molecule has 150 valence electrons. The molecule has 0 amide bonds. The lowest BCUT2D eigenvalue weighted by atomic mass is 9.75. The van der Waals surface area contributed by atoms with Crippen molar-refractivity contribution in [2.45, 2.75) is 56.1 Å². The number of hydrogen-bond acceptors (Lipinski definition) is 4. The van der Waals surface area contributed by atoms with E-state index >= 15 is 4.39 Å². The van der Waals surface area contributed by atoms with Crippen molar-refractivity contribution in [3.05, 3.63) is 64.7 Å². The van der Waals surface area contributed by atoms with Gasteiger partial charge in [-0.25, -0.2) is 4.39 Å². The molecule has 4 rings (SSSR count). The quantitative estimate of drug-likeness (QED) is 0.839. The van der Waals surface area contributed by atoms with Crippen molar-refractivity contribution < 1.29 is 24.1 Å². The van der Waals surface area contributed by atoms with E-state index in [0.29, 0.717) is 36.1 Å². The Morgan fingerprint density at radius 3 is 2.68 bits per heavy atom. The van der Waals surface area contributed by atoms with Crippen LogP contribution in [0.2, 0.25) is 0 Å². The molecule has 28 heavy (non-hydrogen) atoms. The van der Waals surface area contributed by atoms with Crippen molar-refractivity contribution in [3.63, 3.8) is 0 Å². The Balaban J connectivity index is 1.70. The summed E-state index contributed by atoms with van der Waals surface area (Å²) in [4.78, 5) is 0. The second-order valence-corrected chi connectivity index (χ2v) is 7.85. The maximum atomic E-state index is 16.3. The van der Waals surface area contributed by atoms with Gasteiger partial charge in [-0.05, 0) is 59.7 Å². The highest BCUT2D eigenvalue weighted by atomic mass is 19.1. The molecular weight excluding hydrogens is 359 g/mol. The van der Waals surface area contributed by atoms with Gasteiger partial charge >= 0.3 is 0 Å². The van der Waals surface area contributed by atoms with E-state index in [1.807, 2.05) is 18.2 Å². The molecule has 0 spiro atoms. The Hall–Kier alpha value is -1.95. The normalized spacial score (nSPS) is 29.9. The zero-order chi connectivity index (χ0) is 19.7. The van der Waals surface area contributed by atoms with Crippen LogP contribution >= 0.6 is 0 Å². The lowest BCUT2D eigenvalue weighted by Gasteiger charge is -2.36. The van der Waals surface area contributed by atoms with E-state index in [0.717, 1.165) is 24.0 Å². The minimum Gasteiger partial charge on any atom is -0.497 e. The standard InChI is InChI=1S/C23H27FO4/c1-27-19-8-6-17(7-9-19)23(24)10-2-3-15-4-5-16(11-21(15)23)22-13-18(26)12-20(14-25)28-22/h4-9,11,18,20,22,25-26H,2-3,10,12-14H2,1H3. The van der Waals surface area contributed by atoms with E-state index < -0.39 is 11.8 Å². The summed E-state index contributed by atoms with van der Waals surface area (Å²) in [6.45, 7) is -0.128. The number of hydrogen-bond donors (Lipinski definition) is 2. The highest BCUT2D eigenvalue weighted by Crippen LogP contribution is 2.45. The van der Waals surface area contributed by atoms with E-state index in [2.05, 4.69) is 0 Å². The summed E-state index contributed by atoms with van der Waals surface area (Å²) in [7, 11) is 1.60. The van der Waals surface area contributed by atoms with Gasteiger partial charge in [-0.15, -0.1) is 0 Å². The van der Waals surface area contributed by atoms with Gasteiger partial charge in [-0.3, -0.25) is 0 Å². The fourth-order valence-electron chi connectivity index (χ4n) is 4.52. The average molecular weight is 386 g/mol. The molecule has 2 aromatic rings. The van der Waals surface area contributed by atoms with Crippen molar-refractivity contribution >= 4 is 0 Å². The molecule has 1 saturated heterocycles. The summed E-state index contributed by atoms with van der Waals surface area (Å²) >= 11 is 0. The van der Waals surface area contributed by atoms with Gasteiger partial charge in [-0.2, -0.15) is 0 Å². The Morgan fingerprint density at radius 1 is 1.18 bits per heavy atom. The van der Waals surface area contributed by atoms with Crippen LogP contribution in [0.15, 0.2) is 42.5 Å². The van der Waals surface area contributed by atoms with E-state index in [1.54, 1.807) is 31.4 Å². The van der Waals surface area contributed by atoms with Crippen LogP contribution < -0.4 is 4.74 Å². The number of halogens is 1. The first-order valence-electron chi connectivity index (χ1n) is 9.94. The molecule has 0 radical (unpaired) electrons. The smallest absolute Gasteiger partial charge is 0.161 e. The third kappa shape index (κ3) is 3.54. The van der Waals surface area contributed by atoms with Crippen LogP contribution in [0.4, 0.5) is 4.39 Å². The predicted octanol–water partition coefficient (Wildman–Crippen LogP) is 3.82. The van der Waals surface area contributed by atoms with Crippen LogP contribution in [-0.4, -0.2) is 36.1 Å². The molecule has 0 bridgehead atoms. The number of alkyl halides is 1. The fraction of sp³-hybridized carbons (Fsp3) is 0.478. The maximum Gasteiger partial charge on any atom is 0.161 e. The Bertz CT molecular complexity index is 822. The van der Waals surface area contributed by atoms with Crippen molar-refractivity contribution in [3.8, 4) is 5.75 Å². The van der Waals surface area contributed by atoms with Crippen molar-refractivity contribution in [1.82, 2.24) is 0 Å². The van der Waals surface area contributed by atoms with Gasteiger partial charge in [0.1, 0.15) is 5.75 Å². The second-order valence-electron chi connectivity index (χ2n) is 7.85. The number of aryl methyl sites for hydroxylation is 1. The maximum absolute atomic E-state index is 16.3. The van der Waals surface area contributed by atoms with Crippen LogP contribution in [-0.2, 0) is 16.8 Å². The topological polar surface area (TPSA) is 58.9 Å². The highest BCUT2D eigenvalue weighted by molar-refractivity contribution is 5.46. The molecule has 1 aliphatic carbocycles. The van der Waals surface area contributed by atoms with Crippen LogP contribution in [0.5, 0.6) is 5.75 Å². The largest absolute Gasteiger partial charge is 0.497 e. The van der Waals surface area contributed by atoms with Crippen LogP contribution in [0.25, 0.3) is 0 Å². The number of fused-ring (bicyclic) bond motifs is 1. The highest BCUT2D eigenvalue weighted by Gasteiger charge is 2.39. The summed E-state index contributed by atoms with van der Waals surface area (Å²) in [6, 6.07) is 13.0. The van der Waals surface area contributed by atoms with Gasteiger partial charge in [0.25, 0.3) is 0 Å². The molecule has 0 saturated carbocycles. The number of ether oxygens (including phenoxy) is 2. The first-order valence-corrected chi connectivity index (χ1v) is 9.94. The molecule has 4 atom stereocenters. The summed E-state index contributed by atoms with van der Waals surface area (Å²) < 4.78 is 27.5. The molecule has 2 aromatic carbocycles. The number of rotatable bonds is 4. The Labute approximate surface area is 164 Å². The third-order valence-corrected chi connectivity index (χ3v) is 6.03. The van der Waals surface area contributed by atoms with Gasteiger partial charge in [0.05, 0.1) is 32.0 Å². The zero-order valence-electron chi connectivity index (χ0n) is 16.1. The number of benzene rings is 2. The Morgan fingerprint density at radius 2 is 1.96 bits per heavy atom. The fourth-order valence-corrected chi connectivity index (χ4v) is 4.52. The molecule has 4 unspecified atom stereocenters. The van der Waals surface area contributed by atoms with E-state index in [-0.39, 0.29) is 18.8 Å². The van der Waals surface area contributed by atoms with E-state index in [4.69, 9.17) is 9.47 Å². The molecule has 2 N–H and O–H groups in total. The number of aliphatic hydroxyl groups is 2. The van der Waals surface area contributed by atoms with Crippen LogP contribution in [0, 0.1) is 0 Å². The predicted molar refractivity (Wildman–Crippen MR) is 104 cm³/mol. The van der Waals surface area contributed by atoms with Crippen LogP contribution in [0.3, 0.4) is 0 Å². The molecule has 0 aromatic heterocycles. The monoisotopic (exact) mass is 386 g/mol. The molecule has 2 aliphatic rings. The van der Waals surface area contributed by atoms with Gasteiger partial charge in [-0.1, -0.05) is 24.3 Å². The van der Waals surface area contributed by atoms with Crippen LogP contribution in [0.1, 0.15) is 54.0 Å². The Kier molecular flexibility index (Phi) is 5.41. The molecule has 1 aliphatic heterocycles. The van der Waals surface area contributed by atoms with Gasteiger partial charge < -0.3 is 19.7 Å². The van der Waals surface area contributed by atoms with Crippen molar-refractivity contribution in [2.75, 3.05) is 13.7 Å².